The number of benzene rings is 1. The van der Waals surface area contributed by atoms with Crippen molar-refractivity contribution in [2.75, 3.05) is 32.7 Å². The first-order valence-corrected chi connectivity index (χ1v) is 7.01. The predicted octanol–water partition coefficient (Wildman–Crippen LogP) is 2.14. The summed E-state index contributed by atoms with van der Waals surface area (Å²) in [7, 11) is 0. The zero-order valence-electron chi connectivity index (χ0n) is 11.1. The van der Waals surface area contributed by atoms with Gasteiger partial charge in [-0.15, -0.1) is 0 Å². The molecule has 0 radical (unpaired) electrons. The number of aromatic nitrogens is 1. The fourth-order valence-electron chi connectivity index (χ4n) is 2.77. The molecule has 0 atom stereocenters. The third kappa shape index (κ3) is 2.96. The second-order valence-corrected chi connectivity index (χ2v) is 5.20. The van der Waals surface area contributed by atoms with Crippen molar-refractivity contribution >= 4 is 10.9 Å². The SMILES string of the molecule is Fc1ccc2c(CCN3CCCNCC3)c[nH]c2c1. The molecule has 2 aromatic rings. The van der Waals surface area contributed by atoms with Gasteiger partial charge in [0, 0.05) is 36.7 Å². The van der Waals surface area contributed by atoms with Gasteiger partial charge in [-0.1, -0.05) is 0 Å². The average Bonchev–Trinajstić information content (AvgIpc) is 2.63. The normalized spacial score (nSPS) is 17.7. The highest BCUT2D eigenvalue weighted by Gasteiger charge is 2.10. The highest BCUT2D eigenvalue weighted by Crippen LogP contribution is 2.19. The number of H-pyrrole nitrogens is 1. The minimum absolute atomic E-state index is 0.181. The van der Waals surface area contributed by atoms with Crippen LogP contribution in [-0.2, 0) is 6.42 Å². The van der Waals surface area contributed by atoms with Crippen LogP contribution in [0.4, 0.5) is 4.39 Å². The van der Waals surface area contributed by atoms with Gasteiger partial charge in [0.1, 0.15) is 5.82 Å². The smallest absolute Gasteiger partial charge is 0.125 e. The molecule has 1 saturated heterocycles. The van der Waals surface area contributed by atoms with Crippen molar-refractivity contribution < 1.29 is 4.39 Å². The number of fused-ring (bicyclic) bond motifs is 1. The lowest BCUT2D eigenvalue weighted by Gasteiger charge is -2.18. The molecule has 2 N–H and O–H groups in total. The molecule has 19 heavy (non-hydrogen) atoms. The Morgan fingerprint density at radius 3 is 3.11 bits per heavy atom. The quantitative estimate of drug-likeness (QED) is 0.887. The molecule has 1 aromatic heterocycles. The van der Waals surface area contributed by atoms with Crippen LogP contribution in [0, 0.1) is 5.82 Å². The Balaban J connectivity index is 1.67. The molecule has 0 amide bonds. The number of hydrogen-bond donors (Lipinski definition) is 2. The number of aromatic amines is 1. The first-order valence-electron chi connectivity index (χ1n) is 7.01. The summed E-state index contributed by atoms with van der Waals surface area (Å²) >= 11 is 0. The molecule has 0 aliphatic carbocycles. The van der Waals surface area contributed by atoms with Gasteiger partial charge in [-0.25, -0.2) is 4.39 Å². The van der Waals surface area contributed by atoms with Gasteiger partial charge >= 0.3 is 0 Å². The summed E-state index contributed by atoms with van der Waals surface area (Å²) in [6.07, 6.45) is 4.25. The summed E-state index contributed by atoms with van der Waals surface area (Å²) < 4.78 is 13.1. The molecule has 102 valence electrons. The van der Waals surface area contributed by atoms with Crippen LogP contribution in [0.2, 0.25) is 0 Å². The molecule has 3 nitrogen and oxygen atoms in total. The number of rotatable bonds is 3. The Bertz CT molecular complexity index is 541. The summed E-state index contributed by atoms with van der Waals surface area (Å²) in [6.45, 7) is 5.58. The third-order valence-corrected chi connectivity index (χ3v) is 3.86. The van der Waals surface area contributed by atoms with Gasteiger partial charge in [-0.05, 0) is 49.7 Å². The van der Waals surface area contributed by atoms with Crippen molar-refractivity contribution in [3.05, 3.63) is 35.8 Å². The van der Waals surface area contributed by atoms with Crippen molar-refractivity contribution in [1.82, 2.24) is 15.2 Å². The van der Waals surface area contributed by atoms with Gasteiger partial charge < -0.3 is 15.2 Å². The van der Waals surface area contributed by atoms with Crippen LogP contribution in [0.1, 0.15) is 12.0 Å². The molecule has 1 aliphatic rings. The maximum absolute atomic E-state index is 13.1. The minimum atomic E-state index is -0.181. The summed E-state index contributed by atoms with van der Waals surface area (Å²) in [5.74, 6) is -0.181. The average molecular weight is 261 g/mol. The molecule has 0 bridgehead atoms. The summed E-state index contributed by atoms with van der Waals surface area (Å²) in [5, 5.41) is 4.56. The Morgan fingerprint density at radius 1 is 1.21 bits per heavy atom. The van der Waals surface area contributed by atoms with E-state index in [1.54, 1.807) is 6.07 Å². The lowest BCUT2D eigenvalue weighted by atomic mass is 10.1. The maximum atomic E-state index is 13.1. The van der Waals surface area contributed by atoms with Crippen LogP contribution >= 0.6 is 0 Å². The molecule has 1 fully saturated rings. The fraction of sp³-hybridized carbons (Fsp3) is 0.467. The van der Waals surface area contributed by atoms with E-state index < -0.39 is 0 Å². The predicted molar refractivity (Wildman–Crippen MR) is 75.9 cm³/mol. The second kappa shape index (κ2) is 5.72. The Labute approximate surface area is 112 Å². The van der Waals surface area contributed by atoms with Crippen LogP contribution in [-0.4, -0.2) is 42.6 Å². The minimum Gasteiger partial charge on any atom is -0.361 e. The van der Waals surface area contributed by atoms with E-state index in [1.165, 1.54) is 24.6 Å². The van der Waals surface area contributed by atoms with Crippen LogP contribution in [0.5, 0.6) is 0 Å². The molecule has 1 aromatic carbocycles. The van der Waals surface area contributed by atoms with Gasteiger partial charge in [0.2, 0.25) is 0 Å². The summed E-state index contributed by atoms with van der Waals surface area (Å²) in [6, 6.07) is 4.98. The molecule has 1 aliphatic heterocycles. The van der Waals surface area contributed by atoms with Crippen LogP contribution in [0.15, 0.2) is 24.4 Å². The number of hydrogen-bond acceptors (Lipinski definition) is 2. The molecule has 0 saturated carbocycles. The van der Waals surface area contributed by atoms with Gasteiger partial charge in [-0.3, -0.25) is 0 Å². The first kappa shape index (κ1) is 12.6. The molecule has 0 spiro atoms. The monoisotopic (exact) mass is 261 g/mol. The van der Waals surface area contributed by atoms with Gasteiger partial charge in [0.05, 0.1) is 0 Å². The molecule has 0 unspecified atom stereocenters. The van der Waals surface area contributed by atoms with Crippen molar-refractivity contribution in [3.63, 3.8) is 0 Å². The van der Waals surface area contributed by atoms with E-state index in [2.05, 4.69) is 15.2 Å². The zero-order chi connectivity index (χ0) is 13.1. The lowest BCUT2D eigenvalue weighted by molar-refractivity contribution is 0.296. The van der Waals surface area contributed by atoms with E-state index >= 15 is 0 Å². The Morgan fingerprint density at radius 2 is 2.16 bits per heavy atom. The summed E-state index contributed by atoms with van der Waals surface area (Å²) in [4.78, 5) is 5.66. The van der Waals surface area contributed by atoms with Crippen LogP contribution in [0.25, 0.3) is 10.9 Å². The standard InChI is InChI=1S/C15H20FN3/c16-13-2-3-14-12(11-18-15(14)10-13)4-8-19-7-1-5-17-6-9-19/h2-3,10-11,17-18H,1,4-9H2. The molecule has 3 rings (SSSR count). The number of nitrogens with one attached hydrogen (secondary N) is 2. The van der Waals surface area contributed by atoms with Crippen molar-refractivity contribution in [3.8, 4) is 0 Å². The molecular weight excluding hydrogens is 241 g/mol. The largest absolute Gasteiger partial charge is 0.361 e. The fourth-order valence-corrected chi connectivity index (χ4v) is 2.77. The van der Waals surface area contributed by atoms with Gasteiger partial charge in [0.25, 0.3) is 0 Å². The van der Waals surface area contributed by atoms with Crippen LogP contribution < -0.4 is 5.32 Å². The van der Waals surface area contributed by atoms with E-state index in [0.29, 0.717) is 0 Å². The maximum Gasteiger partial charge on any atom is 0.125 e. The number of nitrogens with zero attached hydrogens (tertiary/aromatic N) is 1. The highest BCUT2D eigenvalue weighted by atomic mass is 19.1. The third-order valence-electron chi connectivity index (χ3n) is 3.86. The molecule has 2 heterocycles. The Hall–Kier alpha value is -1.39. The van der Waals surface area contributed by atoms with Crippen molar-refractivity contribution in [2.24, 2.45) is 0 Å². The summed E-state index contributed by atoms with van der Waals surface area (Å²) in [5.41, 5.74) is 2.18. The molecular formula is C15H20FN3. The van der Waals surface area contributed by atoms with Crippen molar-refractivity contribution in [2.45, 2.75) is 12.8 Å². The van der Waals surface area contributed by atoms with E-state index in [9.17, 15) is 4.39 Å². The van der Waals surface area contributed by atoms with Gasteiger partial charge in [-0.2, -0.15) is 0 Å². The lowest BCUT2D eigenvalue weighted by Crippen LogP contribution is -2.30. The topological polar surface area (TPSA) is 31.1 Å². The zero-order valence-corrected chi connectivity index (χ0v) is 11.1. The molecule has 4 heteroatoms. The van der Waals surface area contributed by atoms with E-state index in [4.69, 9.17) is 0 Å². The second-order valence-electron chi connectivity index (χ2n) is 5.20. The van der Waals surface area contributed by atoms with Crippen LogP contribution in [0.3, 0.4) is 0 Å². The Kier molecular flexibility index (Phi) is 3.80. The highest BCUT2D eigenvalue weighted by molar-refractivity contribution is 5.83. The van der Waals surface area contributed by atoms with E-state index in [-0.39, 0.29) is 5.82 Å². The number of halogens is 1. The van der Waals surface area contributed by atoms with Gasteiger partial charge in [0.15, 0.2) is 0 Å². The van der Waals surface area contributed by atoms with Crippen molar-refractivity contribution in [1.29, 1.82) is 0 Å². The van der Waals surface area contributed by atoms with E-state index in [0.717, 1.165) is 43.5 Å². The van der Waals surface area contributed by atoms with E-state index in [1.807, 2.05) is 12.3 Å². The first-order chi connectivity index (χ1) is 9.33.